The van der Waals surface area contributed by atoms with Gasteiger partial charge in [0.1, 0.15) is 21.9 Å². The summed E-state index contributed by atoms with van der Waals surface area (Å²) in [6.45, 7) is 7.09. The molecule has 0 saturated carbocycles. The Morgan fingerprint density at radius 2 is 2.00 bits per heavy atom. The van der Waals surface area contributed by atoms with Gasteiger partial charge in [-0.2, -0.15) is 0 Å². The molecule has 0 fully saturated rings. The van der Waals surface area contributed by atoms with Crippen LogP contribution in [0.3, 0.4) is 0 Å². The van der Waals surface area contributed by atoms with Crippen molar-refractivity contribution in [2.75, 3.05) is 0 Å². The average molecular weight is 276 g/mol. The van der Waals surface area contributed by atoms with Crippen molar-refractivity contribution in [1.29, 1.82) is 0 Å². The van der Waals surface area contributed by atoms with Crippen LogP contribution in [0.2, 0.25) is 5.02 Å². The van der Waals surface area contributed by atoms with E-state index in [0.29, 0.717) is 16.3 Å². The standard InChI is InChI=1S/C12H15ClFNOS/c1-8(15-17(16)12(2,3)4)10-6-5-9(13)7-11(10)14/h5-7H,1-4H3. The van der Waals surface area contributed by atoms with Gasteiger partial charge in [-0.05, 0) is 45.9 Å². The minimum absolute atomic E-state index is 0.326. The van der Waals surface area contributed by atoms with Crippen LogP contribution in [0.4, 0.5) is 4.39 Å². The van der Waals surface area contributed by atoms with Crippen molar-refractivity contribution in [3.8, 4) is 0 Å². The number of nitrogens with zero attached hydrogens (tertiary/aromatic N) is 1. The summed E-state index contributed by atoms with van der Waals surface area (Å²) in [5.41, 5.74) is 0.736. The van der Waals surface area contributed by atoms with E-state index < -0.39 is 21.9 Å². The van der Waals surface area contributed by atoms with Gasteiger partial charge in [-0.15, -0.1) is 0 Å². The van der Waals surface area contributed by atoms with Crippen molar-refractivity contribution in [3.05, 3.63) is 34.6 Å². The maximum Gasteiger partial charge on any atom is 0.144 e. The third-order valence-corrected chi connectivity index (χ3v) is 3.79. The second-order valence-corrected chi connectivity index (χ2v) is 7.00. The zero-order chi connectivity index (χ0) is 13.2. The third-order valence-electron chi connectivity index (χ3n) is 2.06. The van der Waals surface area contributed by atoms with Gasteiger partial charge in [0.25, 0.3) is 0 Å². The van der Waals surface area contributed by atoms with Gasteiger partial charge < -0.3 is 4.55 Å². The fourth-order valence-electron chi connectivity index (χ4n) is 1.09. The summed E-state index contributed by atoms with van der Waals surface area (Å²) in [5, 5.41) is 0.330. The zero-order valence-electron chi connectivity index (χ0n) is 10.3. The molecule has 1 aromatic rings. The molecule has 1 rings (SSSR count). The smallest absolute Gasteiger partial charge is 0.144 e. The summed E-state index contributed by atoms with van der Waals surface area (Å²) >= 11 is 4.27. The molecule has 0 amide bonds. The molecule has 5 heteroatoms. The molecule has 0 spiro atoms. The lowest BCUT2D eigenvalue weighted by molar-refractivity contribution is 0.561. The van der Waals surface area contributed by atoms with Gasteiger partial charge in [0.2, 0.25) is 0 Å². The fraction of sp³-hybridized carbons (Fsp3) is 0.417. The quantitative estimate of drug-likeness (QED) is 0.598. The first kappa shape index (κ1) is 14.5. The van der Waals surface area contributed by atoms with Crippen LogP contribution in [-0.2, 0) is 11.4 Å². The van der Waals surface area contributed by atoms with Crippen LogP contribution >= 0.6 is 11.6 Å². The molecule has 1 unspecified atom stereocenters. The van der Waals surface area contributed by atoms with Crippen molar-refractivity contribution in [1.82, 2.24) is 0 Å². The van der Waals surface area contributed by atoms with Crippen LogP contribution in [0, 0.1) is 5.82 Å². The lowest BCUT2D eigenvalue weighted by atomic mass is 10.1. The van der Waals surface area contributed by atoms with Crippen molar-refractivity contribution >= 4 is 28.7 Å². The van der Waals surface area contributed by atoms with Gasteiger partial charge in [0, 0.05) is 10.6 Å². The third kappa shape index (κ3) is 3.98. The Morgan fingerprint density at radius 1 is 1.41 bits per heavy atom. The first-order valence-corrected chi connectivity index (χ1v) is 6.63. The molecule has 0 saturated heterocycles. The first-order valence-electron chi connectivity index (χ1n) is 5.14. The Morgan fingerprint density at radius 3 is 2.47 bits per heavy atom. The molecule has 0 radical (unpaired) electrons. The number of hydrogen-bond donors (Lipinski definition) is 0. The van der Waals surface area contributed by atoms with Crippen LogP contribution in [0.15, 0.2) is 22.6 Å². The number of hydrogen-bond acceptors (Lipinski definition) is 2. The predicted molar refractivity (Wildman–Crippen MR) is 71.5 cm³/mol. The van der Waals surface area contributed by atoms with E-state index in [1.54, 1.807) is 13.0 Å². The van der Waals surface area contributed by atoms with Crippen LogP contribution in [0.25, 0.3) is 0 Å². The molecular weight excluding hydrogens is 261 g/mol. The monoisotopic (exact) mass is 275 g/mol. The van der Waals surface area contributed by atoms with E-state index in [2.05, 4.69) is 4.40 Å². The molecule has 0 aliphatic rings. The highest BCUT2D eigenvalue weighted by Gasteiger charge is 2.27. The van der Waals surface area contributed by atoms with E-state index in [1.807, 2.05) is 20.8 Å². The summed E-state index contributed by atoms with van der Waals surface area (Å²) in [5.74, 6) is -0.454. The number of rotatable bonds is 2. The van der Waals surface area contributed by atoms with E-state index in [9.17, 15) is 8.94 Å². The van der Waals surface area contributed by atoms with Crippen LogP contribution in [-0.4, -0.2) is 15.0 Å². The minimum atomic E-state index is -1.39. The van der Waals surface area contributed by atoms with Gasteiger partial charge in [-0.1, -0.05) is 16.0 Å². The second kappa shape index (κ2) is 5.38. The molecule has 1 atom stereocenters. The van der Waals surface area contributed by atoms with Crippen molar-refractivity contribution in [2.45, 2.75) is 32.4 Å². The molecule has 0 aliphatic heterocycles. The highest BCUT2D eigenvalue weighted by atomic mass is 35.5. The van der Waals surface area contributed by atoms with Crippen LogP contribution < -0.4 is 0 Å². The van der Waals surface area contributed by atoms with Gasteiger partial charge >= 0.3 is 0 Å². The topological polar surface area (TPSA) is 35.4 Å². The van der Waals surface area contributed by atoms with Crippen molar-refractivity contribution < 1.29 is 8.94 Å². The zero-order valence-corrected chi connectivity index (χ0v) is 11.8. The molecule has 1 aromatic carbocycles. The highest BCUT2D eigenvalue weighted by Crippen LogP contribution is 2.20. The van der Waals surface area contributed by atoms with E-state index in [-0.39, 0.29) is 0 Å². The molecule has 2 nitrogen and oxygen atoms in total. The average Bonchev–Trinajstić information content (AvgIpc) is 2.15. The minimum Gasteiger partial charge on any atom is -0.591 e. The van der Waals surface area contributed by atoms with E-state index in [4.69, 9.17) is 11.6 Å². The first-order chi connectivity index (χ1) is 7.71. The van der Waals surface area contributed by atoms with Crippen LogP contribution in [0.5, 0.6) is 0 Å². The van der Waals surface area contributed by atoms with Crippen molar-refractivity contribution in [2.24, 2.45) is 4.40 Å². The van der Waals surface area contributed by atoms with Gasteiger partial charge in [-0.3, -0.25) is 0 Å². The lowest BCUT2D eigenvalue weighted by Gasteiger charge is -2.18. The highest BCUT2D eigenvalue weighted by molar-refractivity contribution is 7.91. The fourth-order valence-corrected chi connectivity index (χ4v) is 1.87. The summed E-state index contributed by atoms with van der Waals surface area (Å²) < 4.78 is 28.9. The largest absolute Gasteiger partial charge is 0.591 e. The van der Waals surface area contributed by atoms with Crippen LogP contribution in [0.1, 0.15) is 33.3 Å². The maximum atomic E-state index is 13.6. The van der Waals surface area contributed by atoms with E-state index >= 15 is 0 Å². The van der Waals surface area contributed by atoms with Gasteiger partial charge in [0.15, 0.2) is 0 Å². The molecule has 0 aliphatic carbocycles. The SMILES string of the molecule is CC(=N[S+]([O-])C(C)(C)C)c1ccc(Cl)cc1F. The normalized spacial score (nSPS) is 14.9. The number of halogens is 2. The Bertz CT molecular complexity index is 443. The van der Waals surface area contributed by atoms with E-state index in [0.717, 1.165) is 0 Å². The second-order valence-electron chi connectivity index (χ2n) is 4.66. The molecule has 0 N–H and O–H groups in total. The van der Waals surface area contributed by atoms with Crippen molar-refractivity contribution in [3.63, 3.8) is 0 Å². The Balaban J connectivity index is 3.04. The predicted octanol–water partition coefficient (Wildman–Crippen LogP) is 3.75. The summed E-state index contributed by atoms with van der Waals surface area (Å²) in [4.78, 5) is 0. The lowest BCUT2D eigenvalue weighted by Crippen LogP contribution is -2.26. The summed E-state index contributed by atoms with van der Waals surface area (Å²) in [6.07, 6.45) is 0. The maximum absolute atomic E-state index is 13.6. The number of benzene rings is 1. The summed E-state index contributed by atoms with van der Waals surface area (Å²) in [6, 6.07) is 4.34. The Kier molecular flexibility index (Phi) is 4.58. The Hall–Kier alpha value is -0.580. The molecule has 0 bridgehead atoms. The molecule has 0 aromatic heterocycles. The molecule has 17 heavy (non-hydrogen) atoms. The molecular formula is C12H15ClFNOS. The van der Waals surface area contributed by atoms with Gasteiger partial charge in [0.05, 0.1) is 5.71 Å². The van der Waals surface area contributed by atoms with E-state index in [1.165, 1.54) is 12.1 Å². The molecule has 0 heterocycles. The summed E-state index contributed by atoms with van der Waals surface area (Å²) in [7, 11) is 0. The van der Waals surface area contributed by atoms with Gasteiger partial charge in [-0.25, -0.2) is 4.39 Å². The molecule has 94 valence electrons. The Labute approximate surface area is 109 Å².